The van der Waals surface area contributed by atoms with Gasteiger partial charge < -0.3 is 30.4 Å². The molecule has 11 nitrogen and oxygen atoms in total. The number of ether oxygens (including phenoxy) is 1. The number of fused-ring (bicyclic) bond motifs is 1. The molecule has 0 saturated heterocycles. The lowest BCUT2D eigenvalue weighted by molar-refractivity contribution is -0.129. The summed E-state index contributed by atoms with van der Waals surface area (Å²) < 4.78 is 6.18. The fraction of sp³-hybridized carbons (Fsp3) is 0.273. The van der Waals surface area contributed by atoms with E-state index in [1.165, 1.54) is 29.9 Å². The first-order chi connectivity index (χ1) is 15.9. The zero-order valence-corrected chi connectivity index (χ0v) is 18.0. The molecule has 2 amide bonds. The molecule has 0 fully saturated rings. The number of nitrogens with zero attached hydrogens (tertiary/aromatic N) is 2. The van der Waals surface area contributed by atoms with Crippen LogP contribution in [-0.2, 0) is 20.9 Å². The average molecular weight is 454 g/mol. The van der Waals surface area contributed by atoms with Gasteiger partial charge in [0.1, 0.15) is 11.5 Å². The average Bonchev–Trinajstić information content (AvgIpc) is 3.20. The number of hydrogen-bond acceptors (Lipinski definition) is 7. The van der Waals surface area contributed by atoms with Gasteiger partial charge in [-0.3, -0.25) is 19.7 Å². The summed E-state index contributed by atoms with van der Waals surface area (Å²) >= 11 is 0. The van der Waals surface area contributed by atoms with E-state index in [0.717, 1.165) is 11.0 Å². The lowest BCUT2D eigenvalue weighted by atomic mass is 10.1. The number of H-pyrrole nitrogens is 1. The summed E-state index contributed by atoms with van der Waals surface area (Å²) in [6.07, 6.45) is 3.47. The molecule has 174 valence electrons. The third-order valence-electron chi connectivity index (χ3n) is 4.82. The predicted molar refractivity (Wildman–Crippen MR) is 122 cm³/mol. The SMILES string of the molecule is COC(O)N[C@@H](CC/C=C/C(N)=O)C(=O)Nc1cccn(Cc2nc3ccccc3[nH]2)c1=O. The van der Waals surface area contributed by atoms with Crippen LogP contribution in [0.2, 0.25) is 0 Å². The van der Waals surface area contributed by atoms with Gasteiger partial charge in [-0.15, -0.1) is 0 Å². The summed E-state index contributed by atoms with van der Waals surface area (Å²) in [5.74, 6) is -0.543. The number of hydrogen-bond donors (Lipinski definition) is 5. The molecule has 33 heavy (non-hydrogen) atoms. The lowest BCUT2D eigenvalue weighted by Gasteiger charge is -2.20. The zero-order valence-electron chi connectivity index (χ0n) is 18.0. The fourth-order valence-electron chi connectivity index (χ4n) is 3.21. The summed E-state index contributed by atoms with van der Waals surface area (Å²) in [5.41, 5.74) is 6.37. The van der Waals surface area contributed by atoms with Crippen molar-refractivity contribution in [1.29, 1.82) is 0 Å². The molecule has 11 heteroatoms. The van der Waals surface area contributed by atoms with Crippen LogP contribution in [0, 0.1) is 0 Å². The molecule has 2 heterocycles. The summed E-state index contributed by atoms with van der Waals surface area (Å²) in [7, 11) is 1.27. The minimum absolute atomic E-state index is 0.0741. The van der Waals surface area contributed by atoms with Crippen molar-refractivity contribution in [3.8, 4) is 0 Å². The number of rotatable bonds is 11. The number of pyridine rings is 1. The summed E-state index contributed by atoms with van der Waals surface area (Å²) in [6, 6.07) is 9.76. The Morgan fingerprint density at radius 2 is 2.09 bits per heavy atom. The number of carbonyl (C=O) groups is 2. The first-order valence-corrected chi connectivity index (χ1v) is 10.2. The highest BCUT2D eigenvalue weighted by Gasteiger charge is 2.21. The number of aliphatic hydroxyl groups excluding tert-OH is 1. The van der Waals surface area contributed by atoms with Crippen LogP contribution in [0.4, 0.5) is 5.69 Å². The number of allylic oxidation sites excluding steroid dienone is 1. The number of aromatic nitrogens is 3. The van der Waals surface area contributed by atoms with Crippen LogP contribution in [0.1, 0.15) is 18.7 Å². The van der Waals surface area contributed by atoms with E-state index in [-0.39, 0.29) is 18.7 Å². The number of para-hydroxylation sites is 2. The van der Waals surface area contributed by atoms with Gasteiger partial charge in [0.25, 0.3) is 5.56 Å². The topological polar surface area (TPSA) is 164 Å². The maximum atomic E-state index is 12.9. The molecular weight excluding hydrogens is 428 g/mol. The van der Waals surface area contributed by atoms with E-state index in [2.05, 4.69) is 20.6 Å². The first-order valence-electron chi connectivity index (χ1n) is 10.2. The van der Waals surface area contributed by atoms with Crippen molar-refractivity contribution in [1.82, 2.24) is 19.9 Å². The predicted octanol–water partition coefficient (Wildman–Crippen LogP) is 0.414. The second-order valence-electron chi connectivity index (χ2n) is 7.23. The van der Waals surface area contributed by atoms with Crippen molar-refractivity contribution in [2.75, 3.05) is 12.4 Å². The number of nitrogens with two attached hydrogens (primary N) is 1. The molecule has 2 aromatic heterocycles. The number of anilines is 1. The molecule has 1 unspecified atom stereocenters. The number of aromatic amines is 1. The van der Waals surface area contributed by atoms with E-state index < -0.39 is 29.8 Å². The molecule has 0 aliphatic rings. The van der Waals surface area contributed by atoms with Crippen LogP contribution >= 0.6 is 0 Å². The van der Waals surface area contributed by atoms with Crippen LogP contribution in [0.25, 0.3) is 11.0 Å². The van der Waals surface area contributed by atoms with E-state index in [1.54, 1.807) is 12.3 Å². The molecule has 0 bridgehead atoms. The van der Waals surface area contributed by atoms with Crippen molar-refractivity contribution in [3.05, 3.63) is 70.9 Å². The van der Waals surface area contributed by atoms with Crippen LogP contribution in [0.3, 0.4) is 0 Å². The molecule has 2 atom stereocenters. The lowest BCUT2D eigenvalue weighted by Crippen LogP contribution is -2.47. The second-order valence-corrected chi connectivity index (χ2v) is 7.23. The van der Waals surface area contributed by atoms with E-state index in [1.807, 2.05) is 24.3 Å². The summed E-state index contributed by atoms with van der Waals surface area (Å²) in [5, 5.41) is 14.9. The largest absolute Gasteiger partial charge is 0.366 e. The Balaban J connectivity index is 1.73. The third-order valence-corrected chi connectivity index (χ3v) is 4.82. The minimum atomic E-state index is -1.39. The summed E-state index contributed by atoms with van der Waals surface area (Å²) in [6.45, 7) is 0.194. The monoisotopic (exact) mass is 454 g/mol. The highest BCUT2D eigenvalue weighted by atomic mass is 16.6. The van der Waals surface area contributed by atoms with Gasteiger partial charge in [-0.2, -0.15) is 0 Å². The van der Waals surface area contributed by atoms with E-state index in [4.69, 9.17) is 10.5 Å². The second kappa shape index (κ2) is 11.2. The molecule has 0 saturated carbocycles. The molecular formula is C22H26N6O5. The van der Waals surface area contributed by atoms with Crippen molar-refractivity contribution >= 4 is 28.5 Å². The number of aliphatic hydroxyl groups is 1. The molecule has 1 aromatic carbocycles. The van der Waals surface area contributed by atoms with E-state index in [9.17, 15) is 19.5 Å². The van der Waals surface area contributed by atoms with Gasteiger partial charge in [0, 0.05) is 13.3 Å². The van der Waals surface area contributed by atoms with Crippen molar-refractivity contribution in [2.45, 2.75) is 31.8 Å². The number of nitrogens with one attached hydrogen (secondary N) is 3. The highest BCUT2D eigenvalue weighted by Crippen LogP contribution is 2.11. The van der Waals surface area contributed by atoms with Crippen molar-refractivity contribution in [3.63, 3.8) is 0 Å². The molecule has 3 aromatic rings. The Morgan fingerprint density at radius 3 is 2.82 bits per heavy atom. The molecule has 3 rings (SSSR count). The first kappa shape index (κ1) is 23.9. The number of carbonyl (C=O) groups excluding carboxylic acids is 2. The number of primary amides is 1. The van der Waals surface area contributed by atoms with Crippen molar-refractivity contribution < 1.29 is 19.4 Å². The van der Waals surface area contributed by atoms with Gasteiger partial charge in [-0.05, 0) is 43.2 Å². The summed E-state index contributed by atoms with van der Waals surface area (Å²) in [4.78, 5) is 44.2. The Morgan fingerprint density at radius 1 is 1.30 bits per heavy atom. The Bertz CT molecular complexity index is 1170. The number of benzene rings is 1. The van der Waals surface area contributed by atoms with Crippen molar-refractivity contribution in [2.24, 2.45) is 5.73 Å². The maximum absolute atomic E-state index is 12.9. The van der Waals surface area contributed by atoms with Gasteiger partial charge in [-0.1, -0.05) is 18.2 Å². The number of amides is 2. The third kappa shape index (κ3) is 6.59. The van der Waals surface area contributed by atoms with Crippen LogP contribution in [0.5, 0.6) is 0 Å². The van der Waals surface area contributed by atoms with E-state index in [0.29, 0.717) is 12.2 Å². The molecule has 6 N–H and O–H groups in total. The molecule has 0 spiro atoms. The molecule has 0 radical (unpaired) electrons. The maximum Gasteiger partial charge on any atom is 0.274 e. The number of methoxy groups -OCH3 is 1. The van der Waals surface area contributed by atoms with Gasteiger partial charge in [0.05, 0.1) is 23.6 Å². The standard InChI is InChI=1S/C22H26N6O5/c1-33-22(32)27-16(9-4-5-11-18(23)29)20(30)26-17-10-6-12-28(21(17)31)13-19-24-14-7-2-3-8-15(14)25-19/h2-3,5-8,10-12,16,22,27,32H,4,9,13H2,1H3,(H2,23,29)(H,24,25)(H,26,30)/b11-5+/t16-,22?/m0/s1. The van der Waals surface area contributed by atoms with E-state index >= 15 is 0 Å². The minimum Gasteiger partial charge on any atom is -0.366 e. The molecule has 0 aliphatic heterocycles. The Kier molecular flexibility index (Phi) is 8.08. The smallest absolute Gasteiger partial charge is 0.274 e. The Hall–Kier alpha value is -3.80. The van der Waals surface area contributed by atoms with Gasteiger partial charge in [0.15, 0.2) is 0 Å². The van der Waals surface area contributed by atoms with Gasteiger partial charge in [-0.25, -0.2) is 4.98 Å². The Labute approximate surface area is 189 Å². The van der Waals surface area contributed by atoms with Gasteiger partial charge in [0.2, 0.25) is 18.2 Å². The van der Waals surface area contributed by atoms with Crippen LogP contribution < -0.4 is 21.9 Å². The molecule has 0 aliphatic carbocycles. The fourth-order valence-corrected chi connectivity index (χ4v) is 3.21. The quantitative estimate of drug-likeness (QED) is 0.207. The normalized spacial score (nSPS) is 13.3. The van der Waals surface area contributed by atoms with Crippen LogP contribution in [-0.4, -0.2) is 51.0 Å². The number of imidazole rings is 1. The zero-order chi connectivity index (χ0) is 23.8. The van der Waals surface area contributed by atoms with Gasteiger partial charge >= 0.3 is 0 Å². The van der Waals surface area contributed by atoms with Crippen LogP contribution in [0.15, 0.2) is 59.5 Å². The highest BCUT2D eigenvalue weighted by molar-refractivity contribution is 5.94.